The summed E-state index contributed by atoms with van der Waals surface area (Å²) in [5, 5.41) is 10.2. The number of amides is 1. The van der Waals surface area contributed by atoms with Crippen molar-refractivity contribution in [2.45, 2.75) is 129 Å². The minimum Gasteiger partial charge on any atom is -0.491 e. The van der Waals surface area contributed by atoms with Gasteiger partial charge < -0.3 is 14.8 Å². The summed E-state index contributed by atoms with van der Waals surface area (Å²) in [6.45, 7) is 7.51. The zero-order valence-corrected chi connectivity index (χ0v) is 29.9. The molecule has 264 valence electrons. The second-order valence-electron chi connectivity index (χ2n) is 12.9. The summed E-state index contributed by atoms with van der Waals surface area (Å²) in [4.78, 5) is 39.5. The zero-order valence-electron chi connectivity index (χ0n) is 29.1. The fraction of sp³-hybridized carbons (Fsp3) is 0.676. The Morgan fingerprint density at radius 3 is 1.96 bits per heavy atom. The molecule has 0 aliphatic rings. The van der Waals surface area contributed by atoms with Crippen LogP contribution in [0.2, 0.25) is 0 Å². The molecule has 1 aromatic heterocycles. The maximum absolute atomic E-state index is 13.8. The number of rotatable bonds is 23. The largest absolute Gasteiger partial charge is 0.491 e. The molecule has 1 atom stereocenters. The average molecular weight is 678 g/mol. The van der Waals surface area contributed by atoms with Gasteiger partial charge in [0.2, 0.25) is 10.0 Å². The molecule has 2 aromatic rings. The Bertz CT molecular complexity index is 1390. The smallest absolute Gasteiger partial charge is 0.358 e. The number of carbonyl (C=O) groups excluding carboxylic acids is 3. The van der Waals surface area contributed by atoms with Crippen LogP contribution < -0.4 is 14.8 Å². The number of sulfonamides is 1. The van der Waals surface area contributed by atoms with Crippen molar-refractivity contribution >= 4 is 33.4 Å². The first kappa shape index (κ1) is 39.9. The molecule has 0 aliphatic heterocycles. The van der Waals surface area contributed by atoms with Crippen molar-refractivity contribution in [3.63, 3.8) is 0 Å². The highest BCUT2D eigenvalue weighted by molar-refractivity contribution is 7.89. The molecule has 1 aromatic carbocycles. The van der Waals surface area contributed by atoms with Crippen LogP contribution in [0.1, 0.15) is 134 Å². The zero-order chi connectivity index (χ0) is 34.9. The lowest BCUT2D eigenvalue weighted by Crippen LogP contribution is -2.40. The van der Waals surface area contributed by atoms with E-state index in [0.717, 1.165) is 37.3 Å². The number of benzene rings is 1. The topological polar surface area (TPSA) is 159 Å². The van der Waals surface area contributed by atoms with E-state index in [0.29, 0.717) is 6.61 Å². The van der Waals surface area contributed by atoms with Crippen molar-refractivity contribution < 1.29 is 32.3 Å². The van der Waals surface area contributed by atoms with Crippen LogP contribution in [0.4, 0.5) is 5.69 Å². The molecule has 12 nitrogen and oxygen atoms in total. The molecular weight excluding hydrogens is 622 g/mol. The Morgan fingerprint density at radius 2 is 1.45 bits per heavy atom. The first-order valence-electron chi connectivity index (χ1n) is 16.9. The average Bonchev–Trinajstić information content (AvgIpc) is 3.52. The third kappa shape index (κ3) is 13.0. The predicted molar refractivity (Wildman–Crippen MR) is 182 cm³/mol. The number of unbranched alkanes of at least 4 members (excludes halogenated alkanes) is 13. The molecule has 1 amide bonds. The lowest BCUT2D eigenvalue weighted by atomic mass is 9.86. The number of nitrogens with one attached hydrogen (secondary N) is 2. The first-order valence-corrected chi connectivity index (χ1v) is 18.4. The van der Waals surface area contributed by atoms with Crippen molar-refractivity contribution in [2.75, 3.05) is 26.1 Å². The summed E-state index contributed by atoms with van der Waals surface area (Å²) in [5.41, 5.74) is -1.14. The molecule has 2 N–H and O–H groups in total. The summed E-state index contributed by atoms with van der Waals surface area (Å²) < 4.78 is 39.1. The number of carbonyl (C=O) groups is 3. The monoisotopic (exact) mass is 677 g/mol. The third-order valence-electron chi connectivity index (χ3n) is 7.99. The van der Waals surface area contributed by atoms with E-state index >= 15 is 0 Å². The van der Waals surface area contributed by atoms with Gasteiger partial charge in [-0.1, -0.05) is 116 Å². The van der Waals surface area contributed by atoms with Crippen LogP contribution in [0.15, 0.2) is 29.3 Å². The Hall–Kier alpha value is -3.32. The molecule has 0 saturated carbocycles. The van der Waals surface area contributed by atoms with Crippen LogP contribution in [0.25, 0.3) is 0 Å². The molecule has 1 unspecified atom stereocenters. The van der Waals surface area contributed by atoms with Crippen LogP contribution in [0.5, 0.6) is 5.75 Å². The molecular formula is C34H55N5O7S. The van der Waals surface area contributed by atoms with Gasteiger partial charge in [-0.15, -0.1) is 5.10 Å². The lowest BCUT2D eigenvalue weighted by molar-refractivity contribution is -0.136. The van der Waals surface area contributed by atoms with E-state index in [1.54, 1.807) is 20.8 Å². The summed E-state index contributed by atoms with van der Waals surface area (Å²) >= 11 is 0. The van der Waals surface area contributed by atoms with Crippen molar-refractivity contribution in [1.82, 2.24) is 19.7 Å². The predicted octanol–water partition coefficient (Wildman–Crippen LogP) is 6.63. The van der Waals surface area contributed by atoms with Gasteiger partial charge in [0.05, 0.1) is 30.5 Å². The quantitative estimate of drug-likeness (QED) is 0.0748. The number of Topliss-reactive ketones (excluding diaryl/α,β-unsaturated/α-hetero) is 1. The molecule has 0 bridgehead atoms. The number of methoxy groups -OCH3 is 1. The van der Waals surface area contributed by atoms with E-state index in [2.05, 4.69) is 27.3 Å². The molecule has 47 heavy (non-hydrogen) atoms. The highest BCUT2D eigenvalue weighted by atomic mass is 32.2. The molecule has 0 aliphatic carbocycles. The Kier molecular flexibility index (Phi) is 17.1. The maximum Gasteiger partial charge on any atom is 0.358 e. The molecule has 2 rings (SSSR count). The van der Waals surface area contributed by atoms with Crippen molar-refractivity contribution in [3.05, 3.63) is 30.1 Å². The third-order valence-corrected chi connectivity index (χ3v) is 9.41. The van der Waals surface area contributed by atoms with E-state index in [-0.39, 0.29) is 22.0 Å². The van der Waals surface area contributed by atoms with E-state index in [9.17, 15) is 22.8 Å². The van der Waals surface area contributed by atoms with Crippen molar-refractivity contribution in [2.24, 2.45) is 5.41 Å². The summed E-state index contributed by atoms with van der Waals surface area (Å²) in [6, 6.07) is 2.52. The number of ether oxygens (including phenoxy) is 2. The Balaban J connectivity index is 2.05. The van der Waals surface area contributed by atoms with Gasteiger partial charge in [0.25, 0.3) is 5.91 Å². The van der Waals surface area contributed by atoms with Crippen molar-refractivity contribution in [3.8, 4) is 5.75 Å². The number of hydrogen-bond donors (Lipinski definition) is 2. The van der Waals surface area contributed by atoms with Crippen LogP contribution in [0.3, 0.4) is 0 Å². The van der Waals surface area contributed by atoms with E-state index < -0.39 is 39.1 Å². The molecule has 1 heterocycles. The molecule has 0 fully saturated rings. The number of ketones is 1. The van der Waals surface area contributed by atoms with Gasteiger partial charge >= 0.3 is 5.97 Å². The summed E-state index contributed by atoms with van der Waals surface area (Å²) in [7, 11) is -1.42. The number of anilines is 1. The van der Waals surface area contributed by atoms with Gasteiger partial charge in [0.1, 0.15) is 5.75 Å². The standard InChI is InChI=1S/C34H55N5O7S/c1-7-8-9-10-11-12-13-14-15-16-17-18-19-20-23-46-29-22-21-26(47(43,44)35-5)24-27(29)37-32(41)30(31(40)34(2,3)4)39-28(25-36-38-39)33(42)45-6/h21-22,24-25,30,35H,7-20,23H2,1-6H3,(H,37,41). The first-order chi connectivity index (χ1) is 22.4. The normalized spacial score (nSPS) is 12.5. The summed E-state index contributed by atoms with van der Waals surface area (Å²) in [5.74, 6) is -1.97. The number of aromatic nitrogens is 3. The van der Waals surface area contributed by atoms with Gasteiger partial charge in [-0.2, -0.15) is 0 Å². The fourth-order valence-corrected chi connectivity index (χ4v) is 5.89. The van der Waals surface area contributed by atoms with E-state index in [1.807, 2.05) is 0 Å². The van der Waals surface area contributed by atoms with E-state index in [1.165, 1.54) is 95.9 Å². The molecule has 13 heteroatoms. The highest BCUT2D eigenvalue weighted by Crippen LogP contribution is 2.31. The van der Waals surface area contributed by atoms with Crippen molar-refractivity contribution in [1.29, 1.82) is 0 Å². The van der Waals surface area contributed by atoms with E-state index in [4.69, 9.17) is 9.47 Å². The molecule has 0 radical (unpaired) electrons. The number of hydrogen-bond acceptors (Lipinski definition) is 9. The second kappa shape index (κ2) is 20.1. The maximum atomic E-state index is 13.8. The van der Waals surface area contributed by atoms with Gasteiger partial charge in [0.15, 0.2) is 17.5 Å². The molecule has 0 spiro atoms. The van der Waals surface area contributed by atoms with Crippen LogP contribution in [-0.2, 0) is 24.3 Å². The SMILES string of the molecule is CCCCCCCCCCCCCCCCOc1ccc(S(=O)(=O)NC)cc1NC(=O)C(C(=O)C(C)(C)C)n1nncc1C(=O)OC. The Morgan fingerprint density at radius 1 is 0.894 bits per heavy atom. The minimum atomic E-state index is -3.86. The molecule has 0 saturated heterocycles. The van der Waals surface area contributed by atoms with Crippen LogP contribution in [-0.4, -0.2) is 61.8 Å². The van der Waals surface area contributed by atoms with Gasteiger partial charge in [-0.25, -0.2) is 22.6 Å². The number of esters is 1. The van der Waals surface area contributed by atoms with Crippen LogP contribution >= 0.6 is 0 Å². The number of nitrogens with zero attached hydrogens (tertiary/aromatic N) is 3. The minimum absolute atomic E-state index is 0.0585. The summed E-state index contributed by atoms with van der Waals surface area (Å²) in [6.07, 6.45) is 18.3. The van der Waals surface area contributed by atoms with Gasteiger partial charge in [-0.3, -0.25) is 9.59 Å². The highest BCUT2D eigenvalue weighted by Gasteiger charge is 2.39. The Labute approximate surface area is 280 Å². The van der Waals surface area contributed by atoms with Gasteiger partial charge in [0, 0.05) is 5.41 Å². The second-order valence-corrected chi connectivity index (χ2v) is 14.8. The lowest BCUT2D eigenvalue weighted by Gasteiger charge is -2.25. The van der Waals surface area contributed by atoms with Gasteiger partial charge in [-0.05, 0) is 31.7 Å². The fourth-order valence-electron chi connectivity index (χ4n) is 5.13. The van der Waals surface area contributed by atoms with Crippen LogP contribution in [0, 0.1) is 5.41 Å².